The number of carbonyl (C=O) groups is 1. The van der Waals surface area contributed by atoms with E-state index >= 15 is 0 Å². The monoisotopic (exact) mass is 340 g/mol. The minimum atomic E-state index is 0. The van der Waals surface area contributed by atoms with Gasteiger partial charge in [0.05, 0.1) is 5.69 Å². The van der Waals surface area contributed by atoms with Gasteiger partial charge in [-0.25, -0.2) is 0 Å². The molecule has 0 aromatic carbocycles. The van der Waals surface area contributed by atoms with Gasteiger partial charge in [-0.2, -0.15) is 5.10 Å². The second kappa shape index (κ2) is 6.44. The Labute approximate surface area is 145 Å². The van der Waals surface area contributed by atoms with Crippen LogP contribution in [-0.4, -0.2) is 28.8 Å². The van der Waals surface area contributed by atoms with Gasteiger partial charge in [0.15, 0.2) is 0 Å². The molecular formula is C17H29ClN4O. The van der Waals surface area contributed by atoms with Crippen LogP contribution in [-0.2, 0) is 18.3 Å². The molecule has 130 valence electrons. The zero-order chi connectivity index (χ0) is 16.0. The van der Waals surface area contributed by atoms with Crippen LogP contribution in [0.25, 0.3) is 0 Å². The lowest BCUT2D eigenvalue weighted by Crippen LogP contribution is -2.31. The molecule has 1 saturated heterocycles. The maximum absolute atomic E-state index is 12.5. The SMILES string of the molecule is Cl.Cn1nc(CC(C)(C)C)cc1NC(=O)C1CC12CCNCC2. The summed E-state index contributed by atoms with van der Waals surface area (Å²) in [6.07, 6.45) is 4.22. The Morgan fingerprint density at radius 3 is 2.70 bits per heavy atom. The Hall–Kier alpha value is -1.07. The number of anilines is 1. The van der Waals surface area contributed by atoms with Gasteiger partial charge in [0, 0.05) is 19.0 Å². The standard InChI is InChI=1S/C17H28N4O.ClH/c1-16(2,3)10-12-9-14(21(4)20-12)19-15(22)13-11-17(13)5-7-18-8-6-17;/h9,13,18H,5-8,10-11H2,1-4H3,(H,19,22);1H. The van der Waals surface area contributed by atoms with Crippen molar-refractivity contribution in [3.05, 3.63) is 11.8 Å². The molecule has 2 aliphatic rings. The number of hydrogen-bond donors (Lipinski definition) is 2. The number of aromatic nitrogens is 2. The molecule has 6 heteroatoms. The normalized spacial score (nSPS) is 22.5. The van der Waals surface area contributed by atoms with E-state index in [-0.39, 0.29) is 35.1 Å². The van der Waals surface area contributed by atoms with Gasteiger partial charge in [0.1, 0.15) is 5.82 Å². The van der Waals surface area contributed by atoms with Crippen molar-refractivity contribution >= 4 is 24.1 Å². The molecule has 1 aliphatic heterocycles. The second-order valence-corrected chi connectivity index (χ2v) is 8.24. The second-order valence-electron chi connectivity index (χ2n) is 8.24. The number of halogens is 1. The molecule has 3 rings (SSSR count). The Kier molecular flexibility index (Phi) is 5.12. The fourth-order valence-electron chi connectivity index (χ4n) is 3.68. The number of nitrogens with zero attached hydrogens (tertiary/aromatic N) is 2. The number of amides is 1. The van der Waals surface area contributed by atoms with E-state index in [0.29, 0.717) is 0 Å². The molecular weight excluding hydrogens is 312 g/mol. The van der Waals surface area contributed by atoms with Crippen molar-refractivity contribution in [3.8, 4) is 0 Å². The highest BCUT2D eigenvalue weighted by Crippen LogP contribution is 2.58. The van der Waals surface area contributed by atoms with Crippen molar-refractivity contribution in [2.45, 2.75) is 46.5 Å². The van der Waals surface area contributed by atoms with Crippen LogP contribution >= 0.6 is 12.4 Å². The van der Waals surface area contributed by atoms with Crippen LogP contribution in [0.15, 0.2) is 6.07 Å². The largest absolute Gasteiger partial charge is 0.317 e. The van der Waals surface area contributed by atoms with Gasteiger partial charge < -0.3 is 10.6 Å². The molecule has 0 radical (unpaired) electrons. The van der Waals surface area contributed by atoms with Crippen LogP contribution in [0, 0.1) is 16.7 Å². The first kappa shape index (κ1) is 18.3. The highest BCUT2D eigenvalue weighted by molar-refractivity contribution is 5.94. The van der Waals surface area contributed by atoms with E-state index in [2.05, 4.69) is 36.5 Å². The summed E-state index contributed by atoms with van der Waals surface area (Å²) in [5.74, 6) is 1.18. The van der Waals surface area contributed by atoms with Crippen LogP contribution in [0.1, 0.15) is 45.7 Å². The van der Waals surface area contributed by atoms with E-state index in [1.165, 1.54) is 0 Å². The molecule has 2 fully saturated rings. The lowest BCUT2D eigenvalue weighted by molar-refractivity contribution is -0.118. The summed E-state index contributed by atoms with van der Waals surface area (Å²) in [4.78, 5) is 12.5. The van der Waals surface area contributed by atoms with Crippen LogP contribution in [0.5, 0.6) is 0 Å². The van der Waals surface area contributed by atoms with E-state index in [9.17, 15) is 4.79 Å². The summed E-state index contributed by atoms with van der Waals surface area (Å²) < 4.78 is 1.79. The zero-order valence-corrected chi connectivity index (χ0v) is 15.4. The molecule has 1 aromatic heterocycles. The fraction of sp³-hybridized carbons (Fsp3) is 0.765. The minimum absolute atomic E-state index is 0. The molecule has 1 atom stereocenters. The first-order chi connectivity index (χ1) is 10.3. The van der Waals surface area contributed by atoms with Crippen molar-refractivity contribution in [2.24, 2.45) is 23.8 Å². The van der Waals surface area contributed by atoms with Gasteiger partial charge in [-0.1, -0.05) is 20.8 Å². The molecule has 1 saturated carbocycles. The van der Waals surface area contributed by atoms with Crippen molar-refractivity contribution in [3.63, 3.8) is 0 Å². The van der Waals surface area contributed by atoms with E-state index in [1.807, 2.05) is 13.1 Å². The molecule has 5 nitrogen and oxygen atoms in total. The third kappa shape index (κ3) is 4.07. The number of piperidine rings is 1. The molecule has 2 heterocycles. The predicted octanol–water partition coefficient (Wildman–Crippen LogP) is 2.76. The molecule has 1 aliphatic carbocycles. The van der Waals surface area contributed by atoms with E-state index < -0.39 is 0 Å². The van der Waals surface area contributed by atoms with Gasteiger partial charge in [0.2, 0.25) is 5.91 Å². The number of nitrogens with one attached hydrogen (secondary N) is 2. The first-order valence-corrected chi connectivity index (χ1v) is 8.34. The molecule has 2 N–H and O–H groups in total. The van der Waals surface area contributed by atoms with Gasteiger partial charge in [-0.3, -0.25) is 9.48 Å². The van der Waals surface area contributed by atoms with Gasteiger partial charge in [0.25, 0.3) is 0 Å². The number of carbonyl (C=O) groups excluding carboxylic acids is 1. The van der Waals surface area contributed by atoms with Crippen LogP contribution in [0.3, 0.4) is 0 Å². The molecule has 1 spiro atoms. The summed E-state index contributed by atoms with van der Waals surface area (Å²) >= 11 is 0. The minimum Gasteiger partial charge on any atom is -0.317 e. The molecule has 0 bridgehead atoms. The summed E-state index contributed by atoms with van der Waals surface area (Å²) in [5.41, 5.74) is 1.52. The van der Waals surface area contributed by atoms with Crippen molar-refractivity contribution in [1.82, 2.24) is 15.1 Å². The Morgan fingerprint density at radius 1 is 1.43 bits per heavy atom. The Morgan fingerprint density at radius 2 is 2.09 bits per heavy atom. The third-order valence-corrected chi connectivity index (χ3v) is 5.00. The topological polar surface area (TPSA) is 59.0 Å². The average molecular weight is 341 g/mol. The summed E-state index contributed by atoms with van der Waals surface area (Å²) in [6.45, 7) is 8.69. The average Bonchev–Trinajstić information content (AvgIpc) is 2.99. The van der Waals surface area contributed by atoms with E-state index in [1.54, 1.807) is 4.68 Å². The maximum atomic E-state index is 12.5. The fourth-order valence-corrected chi connectivity index (χ4v) is 3.68. The van der Waals surface area contributed by atoms with Crippen LogP contribution < -0.4 is 10.6 Å². The predicted molar refractivity (Wildman–Crippen MR) is 94.9 cm³/mol. The van der Waals surface area contributed by atoms with Crippen molar-refractivity contribution < 1.29 is 4.79 Å². The third-order valence-electron chi connectivity index (χ3n) is 5.00. The highest BCUT2D eigenvalue weighted by Gasteiger charge is 2.57. The zero-order valence-electron chi connectivity index (χ0n) is 14.6. The Bertz CT molecular complexity index is 570. The number of rotatable bonds is 3. The smallest absolute Gasteiger partial charge is 0.229 e. The first-order valence-electron chi connectivity index (χ1n) is 8.34. The molecule has 23 heavy (non-hydrogen) atoms. The highest BCUT2D eigenvalue weighted by atomic mass is 35.5. The number of aryl methyl sites for hydroxylation is 1. The lowest BCUT2D eigenvalue weighted by atomic mass is 9.91. The van der Waals surface area contributed by atoms with Crippen molar-refractivity contribution in [2.75, 3.05) is 18.4 Å². The van der Waals surface area contributed by atoms with E-state index in [4.69, 9.17) is 0 Å². The maximum Gasteiger partial charge on any atom is 0.229 e. The van der Waals surface area contributed by atoms with E-state index in [0.717, 1.165) is 50.3 Å². The molecule has 1 unspecified atom stereocenters. The van der Waals surface area contributed by atoms with Gasteiger partial charge >= 0.3 is 0 Å². The van der Waals surface area contributed by atoms with Crippen LogP contribution in [0.4, 0.5) is 5.82 Å². The number of hydrogen-bond acceptors (Lipinski definition) is 3. The Balaban J connectivity index is 0.00000192. The quantitative estimate of drug-likeness (QED) is 0.889. The summed E-state index contributed by atoms with van der Waals surface area (Å²) in [5, 5.41) is 11.0. The van der Waals surface area contributed by atoms with Crippen LogP contribution in [0.2, 0.25) is 0 Å². The van der Waals surface area contributed by atoms with Crippen molar-refractivity contribution in [1.29, 1.82) is 0 Å². The van der Waals surface area contributed by atoms with Gasteiger partial charge in [-0.05, 0) is 49.6 Å². The molecule has 1 aromatic rings. The summed E-state index contributed by atoms with van der Waals surface area (Å²) in [6, 6.07) is 2.01. The lowest BCUT2D eigenvalue weighted by Gasteiger charge is -2.23. The molecule has 1 amide bonds. The summed E-state index contributed by atoms with van der Waals surface area (Å²) in [7, 11) is 1.90. The van der Waals surface area contributed by atoms with Gasteiger partial charge in [-0.15, -0.1) is 12.4 Å².